The molecule has 1 aliphatic rings. The monoisotopic (exact) mass is 338 g/mol. The van der Waals surface area contributed by atoms with Crippen LogP contribution >= 0.6 is 0 Å². The van der Waals surface area contributed by atoms with Crippen molar-refractivity contribution in [1.82, 2.24) is 14.6 Å². The first-order valence-electron chi connectivity index (χ1n) is 8.62. The molecule has 6 nitrogen and oxygen atoms in total. The van der Waals surface area contributed by atoms with Crippen molar-refractivity contribution in [2.45, 2.75) is 25.3 Å². The van der Waals surface area contributed by atoms with Gasteiger partial charge in [0.05, 0.1) is 5.52 Å². The Balaban J connectivity index is 1.51. The molecule has 0 radical (unpaired) electrons. The molecule has 0 spiro atoms. The Hall–Kier alpha value is -2.60. The Morgan fingerprint density at radius 1 is 1.32 bits per heavy atom. The number of carbonyl (C=O) groups excluding carboxylic acids is 1. The second-order valence-corrected chi connectivity index (χ2v) is 6.93. The second-order valence-electron chi connectivity index (χ2n) is 6.93. The van der Waals surface area contributed by atoms with Crippen LogP contribution in [-0.4, -0.2) is 41.2 Å². The molecule has 1 aromatic carbocycles. The lowest BCUT2D eigenvalue weighted by Gasteiger charge is -2.11. The maximum Gasteiger partial charge on any atom is 0.277 e. The SMILES string of the molecule is CN(C)CCn1ccc2ccc(NC(=O)c3cc(C4CC4)on3)cc21. The summed E-state index contributed by atoms with van der Waals surface area (Å²) in [6.45, 7) is 1.87. The number of amides is 1. The number of hydrogen-bond donors (Lipinski definition) is 1. The predicted molar refractivity (Wildman–Crippen MR) is 96.9 cm³/mol. The van der Waals surface area contributed by atoms with Gasteiger partial charge in [-0.3, -0.25) is 4.79 Å². The van der Waals surface area contributed by atoms with E-state index in [4.69, 9.17) is 4.52 Å². The zero-order valence-corrected chi connectivity index (χ0v) is 14.5. The lowest BCUT2D eigenvalue weighted by atomic mass is 10.2. The van der Waals surface area contributed by atoms with E-state index < -0.39 is 0 Å². The smallest absolute Gasteiger partial charge is 0.277 e. The summed E-state index contributed by atoms with van der Waals surface area (Å²) < 4.78 is 7.46. The van der Waals surface area contributed by atoms with Crippen LogP contribution in [0.3, 0.4) is 0 Å². The van der Waals surface area contributed by atoms with E-state index in [1.165, 1.54) is 0 Å². The molecule has 130 valence electrons. The van der Waals surface area contributed by atoms with Gasteiger partial charge in [0, 0.05) is 37.0 Å². The Labute approximate surface area is 146 Å². The van der Waals surface area contributed by atoms with Crippen molar-refractivity contribution < 1.29 is 9.32 Å². The third-order valence-electron chi connectivity index (χ3n) is 4.56. The van der Waals surface area contributed by atoms with E-state index in [9.17, 15) is 4.79 Å². The molecule has 6 heteroatoms. The highest BCUT2D eigenvalue weighted by Gasteiger charge is 2.28. The number of anilines is 1. The van der Waals surface area contributed by atoms with Crippen molar-refractivity contribution in [3.63, 3.8) is 0 Å². The van der Waals surface area contributed by atoms with E-state index in [-0.39, 0.29) is 5.91 Å². The van der Waals surface area contributed by atoms with Gasteiger partial charge < -0.3 is 19.3 Å². The summed E-state index contributed by atoms with van der Waals surface area (Å²) in [6, 6.07) is 9.79. The van der Waals surface area contributed by atoms with Crippen LogP contribution in [0.25, 0.3) is 10.9 Å². The van der Waals surface area contributed by atoms with Gasteiger partial charge in [-0.25, -0.2) is 0 Å². The minimum atomic E-state index is -0.235. The Morgan fingerprint density at radius 2 is 2.16 bits per heavy atom. The van der Waals surface area contributed by atoms with E-state index in [2.05, 4.69) is 46.3 Å². The number of hydrogen-bond acceptors (Lipinski definition) is 4. The highest BCUT2D eigenvalue weighted by molar-refractivity contribution is 6.03. The summed E-state index contributed by atoms with van der Waals surface area (Å²) in [5, 5.41) is 7.98. The number of nitrogens with zero attached hydrogens (tertiary/aromatic N) is 3. The minimum absolute atomic E-state index is 0.235. The Bertz CT molecular complexity index is 905. The van der Waals surface area contributed by atoms with Gasteiger partial charge in [-0.1, -0.05) is 11.2 Å². The molecule has 4 rings (SSSR count). The molecular formula is C19H22N4O2. The molecule has 2 aromatic heterocycles. The predicted octanol–water partition coefficient (Wildman–Crippen LogP) is 3.32. The molecule has 1 aliphatic carbocycles. The molecule has 0 aliphatic heterocycles. The maximum absolute atomic E-state index is 12.4. The number of aromatic nitrogens is 2. The van der Waals surface area contributed by atoms with E-state index in [1.54, 1.807) is 6.07 Å². The van der Waals surface area contributed by atoms with Crippen molar-refractivity contribution in [3.05, 3.63) is 48.0 Å². The van der Waals surface area contributed by atoms with Crippen LogP contribution in [0.4, 0.5) is 5.69 Å². The number of benzene rings is 1. The fraction of sp³-hybridized carbons (Fsp3) is 0.368. The molecule has 1 amide bonds. The van der Waals surface area contributed by atoms with Gasteiger partial charge in [-0.05, 0) is 50.5 Å². The summed E-state index contributed by atoms with van der Waals surface area (Å²) in [7, 11) is 4.12. The molecule has 25 heavy (non-hydrogen) atoms. The average molecular weight is 338 g/mol. The fourth-order valence-corrected chi connectivity index (χ4v) is 2.92. The van der Waals surface area contributed by atoms with E-state index in [0.29, 0.717) is 11.6 Å². The van der Waals surface area contributed by atoms with E-state index in [1.807, 2.05) is 18.2 Å². The van der Waals surface area contributed by atoms with Crippen molar-refractivity contribution >= 4 is 22.5 Å². The van der Waals surface area contributed by atoms with E-state index >= 15 is 0 Å². The molecule has 0 unspecified atom stereocenters. The third-order valence-corrected chi connectivity index (χ3v) is 4.56. The van der Waals surface area contributed by atoms with Crippen molar-refractivity contribution in [2.75, 3.05) is 26.0 Å². The first kappa shape index (κ1) is 15.9. The summed E-state index contributed by atoms with van der Waals surface area (Å²) in [4.78, 5) is 14.5. The first-order chi connectivity index (χ1) is 12.1. The molecule has 0 saturated heterocycles. The van der Waals surface area contributed by atoms with Crippen molar-refractivity contribution in [1.29, 1.82) is 0 Å². The molecule has 3 aromatic rings. The third kappa shape index (κ3) is 3.44. The van der Waals surface area contributed by atoms with Crippen LogP contribution in [0.5, 0.6) is 0 Å². The number of nitrogens with one attached hydrogen (secondary N) is 1. The van der Waals surface area contributed by atoms with Gasteiger partial charge in [0.1, 0.15) is 5.76 Å². The Morgan fingerprint density at radius 3 is 2.92 bits per heavy atom. The maximum atomic E-state index is 12.4. The van der Waals surface area contributed by atoms with Gasteiger partial charge in [0.2, 0.25) is 0 Å². The number of likely N-dealkylation sites (N-methyl/N-ethyl adjacent to an activating group) is 1. The second kappa shape index (κ2) is 6.37. The van der Waals surface area contributed by atoms with Gasteiger partial charge in [0.25, 0.3) is 5.91 Å². The number of fused-ring (bicyclic) bond motifs is 1. The van der Waals surface area contributed by atoms with Crippen LogP contribution < -0.4 is 5.32 Å². The summed E-state index contributed by atoms with van der Waals surface area (Å²) >= 11 is 0. The standard InChI is InChI=1S/C19H22N4O2/c1-22(2)9-10-23-8-7-13-5-6-15(11-17(13)23)20-19(24)16-12-18(25-21-16)14-3-4-14/h5-8,11-12,14H,3-4,9-10H2,1-2H3,(H,20,24). The zero-order valence-electron chi connectivity index (χ0n) is 14.5. The van der Waals surface area contributed by atoms with Gasteiger partial charge in [-0.15, -0.1) is 0 Å². The molecule has 1 N–H and O–H groups in total. The van der Waals surface area contributed by atoms with Crippen LogP contribution in [0.2, 0.25) is 0 Å². The fourth-order valence-electron chi connectivity index (χ4n) is 2.92. The van der Waals surface area contributed by atoms with Gasteiger partial charge >= 0.3 is 0 Å². The summed E-state index contributed by atoms with van der Waals surface area (Å²) in [6.07, 6.45) is 4.33. The largest absolute Gasteiger partial charge is 0.360 e. The molecule has 2 heterocycles. The van der Waals surface area contributed by atoms with Crippen LogP contribution in [0.15, 0.2) is 41.1 Å². The lowest BCUT2D eigenvalue weighted by molar-refractivity contribution is 0.101. The molecule has 1 saturated carbocycles. The van der Waals surface area contributed by atoms with Crippen LogP contribution in [0.1, 0.15) is 35.0 Å². The lowest BCUT2D eigenvalue weighted by Crippen LogP contribution is -2.18. The van der Waals surface area contributed by atoms with Gasteiger partial charge in [0.15, 0.2) is 5.69 Å². The summed E-state index contributed by atoms with van der Waals surface area (Å²) in [5.41, 5.74) is 2.21. The highest BCUT2D eigenvalue weighted by Crippen LogP contribution is 2.40. The minimum Gasteiger partial charge on any atom is -0.360 e. The van der Waals surface area contributed by atoms with Crippen LogP contribution in [-0.2, 0) is 6.54 Å². The quantitative estimate of drug-likeness (QED) is 0.749. The number of carbonyl (C=O) groups is 1. The zero-order chi connectivity index (χ0) is 17.4. The summed E-state index contributed by atoms with van der Waals surface area (Å²) in [5.74, 6) is 1.03. The molecular weight excluding hydrogens is 316 g/mol. The molecule has 1 fully saturated rings. The highest BCUT2D eigenvalue weighted by atomic mass is 16.5. The van der Waals surface area contributed by atoms with Gasteiger partial charge in [-0.2, -0.15) is 0 Å². The normalized spacial score (nSPS) is 14.4. The first-order valence-corrected chi connectivity index (χ1v) is 8.62. The van der Waals surface area contributed by atoms with Crippen molar-refractivity contribution in [2.24, 2.45) is 0 Å². The molecule has 0 atom stereocenters. The van der Waals surface area contributed by atoms with Crippen molar-refractivity contribution in [3.8, 4) is 0 Å². The van der Waals surface area contributed by atoms with Crippen LogP contribution in [0, 0.1) is 0 Å². The number of rotatable bonds is 6. The average Bonchev–Trinajstić information content (AvgIpc) is 3.18. The molecule has 0 bridgehead atoms. The topological polar surface area (TPSA) is 63.3 Å². The Kier molecular flexibility index (Phi) is 4.05. The van der Waals surface area contributed by atoms with E-state index in [0.717, 1.165) is 48.3 Å².